The molecule has 0 unspecified atom stereocenters. The molecule has 4 nitrogen and oxygen atoms in total. The van der Waals surface area contributed by atoms with Crippen LogP contribution in [0.1, 0.15) is 24.3 Å². The van der Waals surface area contributed by atoms with Gasteiger partial charge in [0, 0.05) is 11.6 Å². The van der Waals surface area contributed by atoms with Crippen LogP contribution >= 0.6 is 12.2 Å². The second kappa shape index (κ2) is 4.93. The number of carbonyl (C=O) groups excluding carboxylic acids is 1. The number of rotatable bonds is 3. The van der Waals surface area contributed by atoms with Gasteiger partial charge in [-0.15, -0.1) is 0 Å². The highest BCUT2D eigenvalue weighted by atomic mass is 32.1. The molecule has 0 atom stereocenters. The van der Waals surface area contributed by atoms with E-state index in [1.165, 1.54) is 0 Å². The van der Waals surface area contributed by atoms with Gasteiger partial charge in [-0.3, -0.25) is 9.78 Å². The molecule has 0 saturated carbocycles. The van der Waals surface area contributed by atoms with Gasteiger partial charge in [0.2, 0.25) is 0 Å². The van der Waals surface area contributed by atoms with Gasteiger partial charge in [-0.05, 0) is 25.3 Å². The number of aromatic nitrogens is 1. The molecule has 0 saturated heterocycles. The van der Waals surface area contributed by atoms with Crippen LogP contribution in [0.15, 0.2) is 36.5 Å². The van der Waals surface area contributed by atoms with E-state index in [0.717, 1.165) is 10.8 Å². The second-order valence-electron chi connectivity index (χ2n) is 4.82. The molecule has 1 aromatic carbocycles. The highest BCUT2D eigenvalue weighted by Crippen LogP contribution is 2.17. The number of thiocarbonyl (C=S) groups is 1. The van der Waals surface area contributed by atoms with Gasteiger partial charge in [0.25, 0.3) is 5.91 Å². The van der Waals surface area contributed by atoms with E-state index in [4.69, 9.17) is 18.0 Å². The number of benzene rings is 1. The third-order valence-electron chi connectivity index (χ3n) is 2.93. The van der Waals surface area contributed by atoms with Crippen molar-refractivity contribution in [3.63, 3.8) is 0 Å². The van der Waals surface area contributed by atoms with Crippen molar-refractivity contribution < 1.29 is 4.79 Å². The summed E-state index contributed by atoms with van der Waals surface area (Å²) >= 11 is 4.94. The highest BCUT2D eigenvalue weighted by molar-refractivity contribution is 7.80. The number of carbonyl (C=O) groups is 1. The van der Waals surface area contributed by atoms with Crippen molar-refractivity contribution in [3.8, 4) is 0 Å². The van der Waals surface area contributed by atoms with Crippen LogP contribution in [0.2, 0.25) is 0 Å². The lowest BCUT2D eigenvalue weighted by atomic mass is 10.0. The lowest BCUT2D eigenvalue weighted by Gasteiger charge is -2.24. The van der Waals surface area contributed by atoms with Gasteiger partial charge in [-0.1, -0.05) is 36.5 Å². The standard InChI is InChI=1S/C14H15N3OS/c1-14(2,13(15)19)17-12(18)11-10-6-4-3-5-9(10)7-8-16-11/h3-8H,1-2H3,(H2,15,19)(H,17,18). The van der Waals surface area contributed by atoms with Crippen molar-refractivity contribution in [1.82, 2.24) is 10.3 Å². The molecule has 2 aromatic rings. The van der Waals surface area contributed by atoms with Crippen LogP contribution in [0.5, 0.6) is 0 Å². The summed E-state index contributed by atoms with van der Waals surface area (Å²) in [7, 11) is 0. The maximum atomic E-state index is 12.3. The molecule has 0 radical (unpaired) electrons. The van der Waals surface area contributed by atoms with E-state index in [1.807, 2.05) is 30.3 Å². The SMILES string of the molecule is CC(C)(NC(=O)c1nccc2ccccc12)C(N)=S. The zero-order chi connectivity index (χ0) is 14.0. The van der Waals surface area contributed by atoms with E-state index in [0.29, 0.717) is 5.69 Å². The molecule has 3 N–H and O–H groups in total. The Bertz CT molecular complexity index is 647. The van der Waals surface area contributed by atoms with Gasteiger partial charge >= 0.3 is 0 Å². The molecule has 19 heavy (non-hydrogen) atoms. The number of pyridine rings is 1. The maximum Gasteiger partial charge on any atom is 0.271 e. The molecular weight excluding hydrogens is 258 g/mol. The fraction of sp³-hybridized carbons (Fsp3) is 0.214. The molecule has 0 aliphatic heterocycles. The van der Waals surface area contributed by atoms with E-state index in [9.17, 15) is 4.79 Å². The quantitative estimate of drug-likeness (QED) is 0.840. The maximum absolute atomic E-state index is 12.3. The number of nitrogens with two attached hydrogens (primary N) is 1. The first kappa shape index (κ1) is 13.4. The summed E-state index contributed by atoms with van der Waals surface area (Å²) in [5.74, 6) is -0.283. The smallest absolute Gasteiger partial charge is 0.271 e. The summed E-state index contributed by atoms with van der Waals surface area (Å²) in [5, 5.41) is 4.57. The number of nitrogens with one attached hydrogen (secondary N) is 1. The third kappa shape index (κ3) is 2.71. The Morgan fingerprint density at radius 1 is 1.32 bits per heavy atom. The fourth-order valence-electron chi connectivity index (χ4n) is 1.71. The third-order valence-corrected chi connectivity index (χ3v) is 3.44. The predicted octanol–water partition coefficient (Wildman–Crippen LogP) is 2.03. The van der Waals surface area contributed by atoms with Crippen molar-refractivity contribution in [2.24, 2.45) is 5.73 Å². The molecule has 1 aromatic heterocycles. The Labute approximate surface area is 117 Å². The molecule has 5 heteroatoms. The molecule has 2 rings (SSSR count). The minimum atomic E-state index is -0.745. The summed E-state index contributed by atoms with van der Waals surface area (Å²) in [6.45, 7) is 3.52. The summed E-state index contributed by atoms with van der Waals surface area (Å²) in [6, 6.07) is 9.46. The van der Waals surface area contributed by atoms with Crippen molar-refractivity contribution in [1.29, 1.82) is 0 Å². The van der Waals surface area contributed by atoms with Crippen LogP contribution in [0, 0.1) is 0 Å². The van der Waals surface area contributed by atoms with E-state index in [-0.39, 0.29) is 10.9 Å². The molecule has 0 fully saturated rings. The molecule has 1 amide bonds. The molecule has 0 aliphatic rings. The summed E-state index contributed by atoms with van der Waals surface area (Å²) in [5.41, 5.74) is 5.24. The number of hydrogen-bond acceptors (Lipinski definition) is 3. The van der Waals surface area contributed by atoms with Crippen molar-refractivity contribution in [2.75, 3.05) is 0 Å². The number of amides is 1. The molecule has 98 valence electrons. The lowest BCUT2D eigenvalue weighted by Crippen LogP contribution is -2.52. The Kier molecular flexibility index (Phi) is 3.48. The second-order valence-corrected chi connectivity index (χ2v) is 5.26. The Hall–Kier alpha value is -2.01. The zero-order valence-corrected chi connectivity index (χ0v) is 11.6. The molecular formula is C14H15N3OS. The van der Waals surface area contributed by atoms with Crippen LogP contribution in [-0.2, 0) is 0 Å². The van der Waals surface area contributed by atoms with Crippen molar-refractivity contribution in [3.05, 3.63) is 42.2 Å². The van der Waals surface area contributed by atoms with Gasteiger partial charge in [0.15, 0.2) is 0 Å². The van der Waals surface area contributed by atoms with Crippen LogP contribution in [-0.4, -0.2) is 21.4 Å². The predicted molar refractivity (Wildman–Crippen MR) is 80.1 cm³/mol. The lowest BCUT2D eigenvalue weighted by molar-refractivity contribution is 0.0929. The van der Waals surface area contributed by atoms with E-state index >= 15 is 0 Å². The minimum absolute atomic E-state index is 0.237. The van der Waals surface area contributed by atoms with Gasteiger partial charge in [0.05, 0.1) is 10.5 Å². The van der Waals surface area contributed by atoms with Gasteiger partial charge in [-0.2, -0.15) is 0 Å². The fourth-order valence-corrected chi connectivity index (χ4v) is 1.76. The van der Waals surface area contributed by atoms with E-state index < -0.39 is 5.54 Å². The summed E-state index contributed by atoms with van der Waals surface area (Å²) in [4.78, 5) is 16.7. The average Bonchev–Trinajstić information content (AvgIpc) is 2.37. The first-order valence-corrected chi connectivity index (χ1v) is 6.29. The largest absolute Gasteiger partial charge is 0.391 e. The Balaban J connectivity index is 2.40. The monoisotopic (exact) mass is 273 g/mol. The first-order valence-electron chi connectivity index (χ1n) is 5.88. The number of hydrogen-bond donors (Lipinski definition) is 2. The van der Waals surface area contributed by atoms with Crippen molar-refractivity contribution in [2.45, 2.75) is 19.4 Å². The van der Waals surface area contributed by atoms with Crippen LogP contribution < -0.4 is 11.1 Å². The average molecular weight is 273 g/mol. The number of nitrogens with zero attached hydrogens (tertiary/aromatic N) is 1. The van der Waals surface area contributed by atoms with Crippen molar-refractivity contribution >= 4 is 33.9 Å². The Morgan fingerprint density at radius 3 is 2.68 bits per heavy atom. The zero-order valence-electron chi connectivity index (χ0n) is 10.8. The normalized spacial score (nSPS) is 11.3. The minimum Gasteiger partial charge on any atom is -0.391 e. The molecule has 0 aliphatic carbocycles. The molecule has 0 bridgehead atoms. The van der Waals surface area contributed by atoms with Crippen LogP contribution in [0.4, 0.5) is 0 Å². The summed E-state index contributed by atoms with van der Waals surface area (Å²) < 4.78 is 0. The molecule has 0 spiro atoms. The van der Waals surface area contributed by atoms with Crippen LogP contribution in [0.3, 0.4) is 0 Å². The van der Waals surface area contributed by atoms with Crippen LogP contribution in [0.25, 0.3) is 10.8 Å². The van der Waals surface area contributed by atoms with E-state index in [1.54, 1.807) is 20.0 Å². The summed E-state index contributed by atoms with van der Waals surface area (Å²) in [6.07, 6.45) is 1.62. The topological polar surface area (TPSA) is 68.0 Å². The van der Waals surface area contributed by atoms with E-state index in [2.05, 4.69) is 10.3 Å². The van der Waals surface area contributed by atoms with Gasteiger partial charge < -0.3 is 11.1 Å². The van der Waals surface area contributed by atoms with Gasteiger partial charge in [-0.25, -0.2) is 0 Å². The molecule has 1 heterocycles. The Morgan fingerprint density at radius 2 is 2.00 bits per heavy atom. The first-order chi connectivity index (χ1) is 8.92. The highest BCUT2D eigenvalue weighted by Gasteiger charge is 2.25. The number of fused-ring (bicyclic) bond motifs is 1. The van der Waals surface area contributed by atoms with Gasteiger partial charge in [0.1, 0.15) is 5.69 Å².